The Hall–Kier alpha value is -0.0400. The summed E-state index contributed by atoms with van der Waals surface area (Å²) in [5.74, 6) is 0.838. The van der Waals surface area contributed by atoms with Crippen LogP contribution in [0.3, 0.4) is 0 Å². The van der Waals surface area contributed by atoms with Crippen LogP contribution in [-0.2, 0) is 4.74 Å². The molecule has 1 nitrogen and oxygen atoms in total. The standard InChI is InChI=1S/C14H28O/c1-4-9-13(6-3)15-14-11-8-7-10-12(14)5-2/h12-14H,4-11H2,1-3H3. The normalized spacial score (nSPS) is 29.0. The fourth-order valence-corrected chi connectivity index (χ4v) is 2.76. The van der Waals surface area contributed by atoms with E-state index in [1.165, 1.54) is 51.4 Å². The molecule has 0 bridgehead atoms. The van der Waals surface area contributed by atoms with Crippen molar-refractivity contribution in [2.75, 3.05) is 0 Å². The molecule has 0 aromatic heterocycles. The molecule has 0 amide bonds. The Morgan fingerprint density at radius 3 is 2.47 bits per heavy atom. The molecule has 0 saturated heterocycles. The first-order valence-corrected chi connectivity index (χ1v) is 6.97. The lowest BCUT2D eigenvalue weighted by atomic mass is 9.84. The molecule has 1 aliphatic carbocycles. The highest BCUT2D eigenvalue weighted by atomic mass is 16.5. The van der Waals surface area contributed by atoms with Crippen LogP contribution in [0.5, 0.6) is 0 Å². The summed E-state index contributed by atoms with van der Waals surface area (Å²) >= 11 is 0. The minimum absolute atomic E-state index is 0.521. The fraction of sp³-hybridized carbons (Fsp3) is 1.00. The van der Waals surface area contributed by atoms with Gasteiger partial charge in [0, 0.05) is 0 Å². The molecule has 90 valence electrons. The molecule has 3 unspecified atom stereocenters. The molecule has 0 aromatic carbocycles. The van der Waals surface area contributed by atoms with Crippen molar-refractivity contribution >= 4 is 0 Å². The van der Waals surface area contributed by atoms with Crippen molar-refractivity contribution in [1.82, 2.24) is 0 Å². The zero-order valence-corrected chi connectivity index (χ0v) is 10.8. The van der Waals surface area contributed by atoms with Gasteiger partial charge in [-0.25, -0.2) is 0 Å². The molecule has 0 spiro atoms. The van der Waals surface area contributed by atoms with E-state index < -0.39 is 0 Å². The summed E-state index contributed by atoms with van der Waals surface area (Å²) in [5.41, 5.74) is 0. The van der Waals surface area contributed by atoms with Gasteiger partial charge < -0.3 is 4.74 Å². The zero-order chi connectivity index (χ0) is 11.1. The van der Waals surface area contributed by atoms with Gasteiger partial charge in [-0.15, -0.1) is 0 Å². The van der Waals surface area contributed by atoms with Crippen LogP contribution in [0.1, 0.15) is 72.1 Å². The number of ether oxygens (including phenoxy) is 1. The SMILES string of the molecule is CCCC(CC)OC1CCCCC1CC. The van der Waals surface area contributed by atoms with Crippen LogP contribution in [0.4, 0.5) is 0 Å². The van der Waals surface area contributed by atoms with Gasteiger partial charge in [-0.05, 0) is 31.6 Å². The third-order valence-electron chi connectivity index (χ3n) is 3.80. The Labute approximate surface area is 95.6 Å². The molecule has 1 heteroatoms. The van der Waals surface area contributed by atoms with Crippen LogP contribution in [0.15, 0.2) is 0 Å². The van der Waals surface area contributed by atoms with Crippen molar-refractivity contribution in [1.29, 1.82) is 0 Å². The predicted octanol–water partition coefficient (Wildman–Crippen LogP) is 4.55. The topological polar surface area (TPSA) is 9.23 Å². The highest BCUT2D eigenvalue weighted by molar-refractivity contribution is 4.76. The quantitative estimate of drug-likeness (QED) is 0.627. The van der Waals surface area contributed by atoms with Crippen molar-refractivity contribution in [3.05, 3.63) is 0 Å². The lowest BCUT2D eigenvalue weighted by Crippen LogP contribution is -2.31. The molecular formula is C14H28O. The van der Waals surface area contributed by atoms with Crippen LogP contribution >= 0.6 is 0 Å². The van der Waals surface area contributed by atoms with Crippen molar-refractivity contribution in [2.24, 2.45) is 5.92 Å². The van der Waals surface area contributed by atoms with Crippen molar-refractivity contribution in [2.45, 2.75) is 84.3 Å². The predicted molar refractivity (Wildman–Crippen MR) is 66.1 cm³/mol. The van der Waals surface area contributed by atoms with Crippen molar-refractivity contribution < 1.29 is 4.74 Å². The highest BCUT2D eigenvalue weighted by Gasteiger charge is 2.26. The van der Waals surface area contributed by atoms with Gasteiger partial charge in [0.2, 0.25) is 0 Å². The van der Waals surface area contributed by atoms with Crippen molar-refractivity contribution in [3.8, 4) is 0 Å². The minimum atomic E-state index is 0.521. The molecule has 1 fully saturated rings. The second-order valence-corrected chi connectivity index (χ2v) is 4.95. The van der Waals surface area contributed by atoms with Crippen LogP contribution in [0.2, 0.25) is 0 Å². The number of rotatable bonds is 6. The summed E-state index contributed by atoms with van der Waals surface area (Å²) in [4.78, 5) is 0. The van der Waals surface area contributed by atoms with E-state index in [1.807, 2.05) is 0 Å². The summed E-state index contributed by atoms with van der Waals surface area (Å²) in [6.45, 7) is 6.82. The third-order valence-corrected chi connectivity index (χ3v) is 3.80. The Morgan fingerprint density at radius 1 is 1.13 bits per heavy atom. The lowest BCUT2D eigenvalue weighted by Gasteiger charge is -2.33. The van der Waals surface area contributed by atoms with Crippen molar-refractivity contribution in [3.63, 3.8) is 0 Å². The van der Waals surface area contributed by atoms with Crippen LogP contribution < -0.4 is 0 Å². The number of hydrogen-bond acceptors (Lipinski definition) is 1. The van der Waals surface area contributed by atoms with Gasteiger partial charge in [-0.2, -0.15) is 0 Å². The Balaban J connectivity index is 2.38. The van der Waals surface area contributed by atoms with E-state index in [1.54, 1.807) is 0 Å². The second-order valence-electron chi connectivity index (χ2n) is 4.95. The van der Waals surface area contributed by atoms with E-state index in [0.717, 1.165) is 5.92 Å². The lowest BCUT2D eigenvalue weighted by molar-refractivity contribution is -0.0649. The number of hydrogen-bond donors (Lipinski definition) is 0. The summed E-state index contributed by atoms with van der Waals surface area (Å²) in [7, 11) is 0. The highest BCUT2D eigenvalue weighted by Crippen LogP contribution is 2.30. The van der Waals surface area contributed by atoms with Crippen LogP contribution in [0, 0.1) is 5.92 Å². The first-order chi connectivity index (χ1) is 7.31. The first-order valence-electron chi connectivity index (χ1n) is 6.97. The maximum Gasteiger partial charge on any atom is 0.0606 e. The molecule has 0 aromatic rings. The summed E-state index contributed by atoms with van der Waals surface area (Å²) in [6.07, 6.45) is 11.6. The molecule has 0 aliphatic heterocycles. The van der Waals surface area contributed by atoms with Gasteiger partial charge in [0.15, 0.2) is 0 Å². The third kappa shape index (κ3) is 4.14. The molecular weight excluding hydrogens is 184 g/mol. The average molecular weight is 212 g/mol. The van der Waals surface area contributed by atoms with Gasteiger partial charge in [-0.3, -0.25) is 0 Å². The summed E-state index contributed by atoms with van der Waals surface area (Å²) in [5, 5.41) is 0. The molecule has 0 radical (unpaired) electrons. The molecule has 0 heterocycles. The smallest absolute Gasteiger partial charge is 0.0606 e. The van der Waals surface area contributed by atoms with Gasteiger partial charge in [-0.1, -0.05) is 46.5 Å². The fourth-order valence-electron chi connectivity index (χ4n) is 2.76. The van der Waals surface area contributed by atoms with E-state index in [4.69, 9.17) is 4.74 Å². The van der Waals surface area contributed by atoms with Crippen LogP contribution in [0.25, 0.3) is 0 Å². The molecule has 1 aliphatic rings. The van der Waals surface area contributed by atoms with Gasteiger partial charge in [0.05, 0.1) is 12.2 Å². The first kappa shape index (κ1) is 13.0. The van der Waals surface area contributed by atoms with Gasteiger partial charge in [0.25, 0.3) is 0 Å². The molecule has 1 rings (SSSR count). The summed E-state index contributed by atoms with van der Waals surface area (Å²) in [6, 6.07) is 0. The maximum absolute atomic E-state index is 6.28. The molecule has 0 N–H and O–H groups in total. The maximum atomic E-state index is 6.28. The summed E-state index contributed by atoms with van der Waals surface area (Å²) < 4.78 is 6.28. The van der Waals surface area contributed by atoms with E-state index in [9.17, 15) is 0 Å². The molecule has 1 saturated carbocycles. The Morgan fingerprint density at radius 2 is 1.87 bits per heavy atom. The monoisotopic (exact) mass is 212 g/mol. The minimum Gasteiger partial charge on any atom is -0.375 e. The molecule has 3 atom stereocenters. The van der Waals surface area contributed by atoms with Gasteiger partial charge in [0.1, 0.15) is 0 Å². The van der Waals surface area contributed by atoms with E-state index in [-0.39, 0.29) is 0 Å². The zero-order valence-electron chi connectivity index (χ0n) is 10.8. The van der Waals surface area contributed by atoms with E-state index in [2.05, 4.69) is 20.8 Å². The largest absolute Gasteiger partial charge is 0.375 e. The Bertz CT molecular complexity index is 155. The Kier molecular flexibility index (Phi) is 6.31. The van der Waals surface area contributed by atoms with E-state index in [0.29, 0.717) is 12.2 Å². The van der Waals surface area contributed by atoms with Gasteiger partial charge >= 0.3 is 0 Å². The average Bonchev–Trinajstić information content (AvgIpc) is 2.29. The molecule has 15 heavy (non-hydrogen) atoms. The van der Waals surface area contributed by atoms with Crippen LogP contribution in [-0.4, -0.2) is 12.2 Å². The second kappa shape index (κ2) is 7.27. The van der Waals surface area contributed by atoms with E-state index >= 15 is 0 Å².